The third-order valence-corrected chi connectivity index (χ3v) is 5.66. The van der Waals surface area contributed by atoms with Crippen molar-refractivity contribution in [3.63, 3.8) is 0 Å². The minimum Gasteiger partial charge on any atom is -0.497 e. The lowest BCUT2D eigenvalue weighted by Crippen LogP contribution is -2.53. The van der Waals surface area contributed by atoms with Gasteiger partial charge in [0.15, 0.2) is 0 Å². The first-order chi connectivity index (χ1) is 13.0. The molecule has 7 heteroatoms. The number of carbonyl (C=O) groups excluding carboxylic acids is 3. The van der Waals surface area contributed by atoms with Gasteiger partial charge in [0, 0.05) is 38.6 Å². The van der Waals surface area contributed by atoms with E-state index in [0.717, 1.165) is 24.2 Å². The zero-order valence-corrected chi connectivity index (χ0v) is 15.6. The number of amides is 3. The molecule has 1 aromatic rings. The summed E-state index contributed by atoms with van der Waals surface area (Å²) in [6, 6.07) is 7.99. The summed E-state index contributed by atoms with van der Waals surface area (Å²) in [4.78, 5) is 42.7. The van der Waals surface area contributed by atoms with Crippen molar-refractivity contribution in [2.75, 3.05) is 33.3 Å². The van der Waals surface area contributed by atoms with Crippen LogP contribution in [0.25, 0.3) is 0 Å². The van der Waals surface area contributed by atoms with Crippen molar-refractivity contribution in [2.45, 2.75) is 31.8 Å². The quantitative estimate of drug-likeness (QED) is 0.770. The molecular formula is C20H25N3O4. The fourth-order valence-corrected chi connectivity index (χ4v) is 3.91. The Morgan fingerprint density at radius 3 is 2.48 bits per heavy atom. The maximum absolute atomic E-state index is 12.8. The SMILES string of the molecule is COc1ccc(CN2CCN(C(=O)[C@H]3CC(=O)N(C4CC4)C3)CC2=O)cc1. The number of carbonyl (C=O) groups is 3. The molecular weight excluding hydrogens is 346 g/mol. The number of benzene rings is 1. The van der Waals surface area contributed by atoms with E-state index in [2.05, 4.69) is 0 Å². The summed E-state index contributed by atoms with van der Waals surface area (Å²) < 4.78 is 5.15. The minimum atomic E-state index is -0.293. The zero-order valence-electron chi connectivity index (χ0n) is 15.6. The molecule has 4 rings (SSSR count). The molecule has 2 heterocycles. The van der Waals surface area contributed by atoms with Crippen LogP contribution in [0.2, 0.25) is 0 Å². The lowest BCUT2D eigenvalue weighted by molar-refractivity contribution is -0.147. The van der Waals surface area contributed by atoms with Gasteiger partial charge in [0.2, 0.25) is 17.7 Å². The molecule has 2 aliphatic heterocycles. The third-order valence-electron chi connectivity index (χ3n) is 5.66. The van der Waals surface area contributed by atoms with Crippen LogP contribution in [0.5, 0.6) is 5.75 Å². The smallest absolute Gasteiger partial charge is 0.242 e. The minimum absolute atomic E-state index is 0.0474. The highest BCUT2D eigenvalue weighted by Gasteiger charge is 2.43. The first-order valence-electron chi connectivity index (χ1n) is 9.54. The summed E-state index contributed by atoms with van der Waals surface area (Å²) in [5, 5.41) is 0. The maximum Gasteiger partial charge on any atom is 0.242 e. The molecule has 3 aliphatic rings. The first-order valence-corrected chi connectivity index (χ1v) is 9.54. The molecule has 1 saturated carbocycles. The van der Waals surface area contributed by atoms with Crippen LogP contribution >= 0.6 is 0 Å². The summed E-state index contributed by atoms with van der Waals surface area (Å²) in [7, 11) is 1.62. The summed E-state index contributed by atoms with van der Waals surface area (Å²) >= 11 is 0. The van der Waals surface area contributed by atoms with Crippen LogP contribution in [0.15, 0.2) is 24.3 Å². The average molecular weight is 371 g/mol. The van der Waals surface area contributed by atoms with Gasteiger partial charge >= 0.3 is 0 Å². The predicted molar refractivity (Wildman–Crippen MR) is 97.8 cm³/mol. The number of piperazine rings is 1. The number of methoxy groups -OCH3 is 1. The Labute approximate surface area is 158 Å². The third kappa shape index (κ3) is 3.77. The number of hydrogen-bond donors (Lipinski definition) is 0. The largest absolute Gasteiger partial charge is 0.497 e. The molecule has 0 radical (unpaired) electrons. The Kier molecular flexibility index (Phi) is 4.76. The van der Waals surface area contributed by atoms with Crippen LogP contribution in [0.3, 0.4) is 0 Å². The van der Waals surface area contributed by atoms with Crippen LogP contribution < -0.4 is 4.74 Å². The van der Waals surface area contributed by atoms with Crippen molar-refractivity contribution in [1.29, 1.82) is 0 Å². The van der Waals surface area contributed by atoms with E-state index in [1.54, 1.807) is 16.9 Å². The predicted octanol–water partition coefficient (Wildman–Crippen LogP) is 0.877. The standard InChI is InChI=1S/C20H25N3O4/c1-27-17-6-2-14(3-7-17)11-21-8-9-22(13-19(21)25)20(26)15-10-18(24)23(12-15)16-4-5-16/h2-3,6-7,15-16H,4-5,8-13H2,1H3/t15-/m0/s1. The van der Waals surface area contributed by atoms with E-state index in [9.17, 15) is 14.4 Å². The molecule has 27 heavy (non-hydrogen) atoms. The number of rotatable bonds is 5. The number of ether oxygens (including phenoxy) is 1. The summed E-state index contributed by atoms with van der Waals surface area (Å²) in [5.74, 6) is 0.476. The molecule has 2 saturated heterocycles. The van der Waals surface area contributed by atoms with E-state index in [4.69, 9.17) is 4.74 Å². The van der Waals surface area contributed by atoms with Crippen molar-refractivity contribution in [3.05, 3.63) is 29.8 Å². The van der Waals surface area contributed by atoms with E-state index in [0.29, 0.717) is 32.2 Å². The molecule has 0 bridgehead atoms. The lowest BCUT2D eigenvalue weighted by Gasteiger charge is -2.35. The van der Waals surface area contributed by atoms with Crippen LogP contribution in [-0.2, 0) is 20.9 Å². The van der Waals surface area contributed by atoms with Gasteiger partial charge in [-0.15, -0.1) is 0 Å². The fraction of sp³-hybridized carbons (Fsp3) is 0.550. The van der Waals surface area contributed by atoms with E-state index < -0.39 is 0 Å². The fourth-order valence-electron chi connectivity index (χ4n) is 3.91. The van der Waals surface area contributed by atoms with Crippen LogP contribution in [0, 0.1) is 5.92 Å². The van der Waals surface area contributed by atoms with Gasteiger partial charge in [-0.25, -0.2) is 0 Å². The van der Waals surface area contributed by atoms with E-state index >= 15 is 0 Å². The molecule has 3 fully saturated rings. The van der Waals surface area contributed by atoms with Gasteiger partial charge in [0.25, 0.3) is 0 Å². The van der Waals surface area contributed by atoms with Crippen molar-refractivity contribution in [3.8, 4) is 5.75 Å². The second kappa shape index (κ2) is 7.21. The monoisotopic (exact) mass is 371 g/mol. The number of likely N-dealkylation sites (tertiary alicyclic amines) is 1. The Hall–Kier alpha value is -2.57. The summed E-state index contributed by atoms with van der Waals surface area (Å²) in [6.45, 7) is 2.19. The highest BCUT2D eigenvalue weighted by Crippen LogP contribution is 2.33. The Bertz CT molecular complexity index is 744. The zero-order chi connectivity index (χ0) is 19.0. The molecule has 7 nitrogen and oxygen atoms in total. The van der Waals surface area contributed by atoms with E-state index in [1.165, 1.54) is 0 Å². The molecule has 1 atom stereocenters. The van der Waals surface area contributed by atoms with Gasteiger partial charge in [-0.2, -0.15) is 0 Å². The molecule has 0 N–H and O–H groups in total. The Morgan fingerprint density at radius 1 is 1.11 bits per heavy atom. The molecule has 1 aromatic carbocycles. The second-order valence-corrected chi connectivity index (χ2v) is 7.60. The maximum atomic E-state index is 12.8. The summed E-state index contributed by atoms with van der Waals surface area (Å²) in [6.07, 6.45) is 2.39. The van der Waals surface area contributed by atoms with Crippen molar-refractivity contribution in [1.82, 2.24) is 14.7 Å². The number of hydrogen-bond acceptors (Lipinski definition) is 4. The van der Waals surface area contributed by atoms with Crippen LogP contribution in [0.4, 0.5) is 0 Å². The van der Waals surface area contributed by atoms with Gasteiger partial charge in [0.1, 0.15) is 5.75 Å². The topological polar surface area (TPSA) is 70.2 Å². The average Bonchev–Trinajstić information content (AvgIpc) is 3.45. The number of nitrogens with zero attached hydrogens (tertiary/aromatic N) is 3. The van der Waals surface area contributed by atoms with Gasteiger partial charge in [-0.05, 0) is 30.5 Å². The van der Waals surface area contributed by atoms with Gasteiger partial charge in [0.05, 0.1) is 19.6 Å². The molecule has 0 unspecified atom stereocenters. The lowest BCUT2D eigenvalue weighted by atomic mass is 10.1. The van der Waals surface area contributed by atoms with Crippen molar-refractivity contribution < 1.29 is 19.1 Å². The molecule has 0 spiro atoms. The van der Waals surface area contributed by atoms with Crippen LogP contribution in [0.1, 0.15) is 24.8 Å². The first kappa shape index (κ1) is 17.8. The van der Waals surface area contributed by atoms with Crippen molar-refractivity contribution >= 4 is 17.7 Å². The van der Waals surface area contributed by atoms with Gasteiger partial charge < -0.3 is 19.4 Å². The van der Waals surface area contributed by atoms with E-state index in [-0.39, 0.29) is 36.6 Å². The Balaban J connectivity index is 1.32. The van der Waals surface area contributed by atoms with Crippen molar-refractivity contribution in [2.24, 2.45) is 5.92 Å². The van der Waals surface area contributed by atoms with Gasteiger partial charge in [-0.3, -0.25) is 14.4 Å². The summed E-state index contributed by atoms with van der Waals surface area (Å²) in [5.41, 5.74) is 1.03. The Morgan fingerprint density at radius 2 is 1.85 bits per heavy atom. The van der Waals surface area contributed by atoms with Gasteiger partial charge in [-0.1, -0.05) is 12.1 Å². The molecule has 144 valence electrons. The van der Waals surface area contributed by atoms with Crippen LogP contribution in [-0.4, -0.2) is 71.8 Å². The second-order valence-electron chi connectivity index (χ2n) is 7.60. The highest BCUT2D eigenvalue weighted by atomic mass is 16.5. The highest BCUT2D eigenvalue weighted by molar-refractivity contribution is 5.92. The molecule has 0 aromatic heterocycles. The molecule has 3 amide bonds. The molecule has 1 aliphatic carbocycles. The van der Waals surface area contributed by atoms with E-state index in [1.807, 2.05) is 29.2 Å². The normalized spacial score (nSPS) is 23.1.